The van der Waals surface area contributed by atoms with Crippen molar-refractivity contribution in [2.24, 2.45) is 0 Å². The van der Waals surface area contributed by atoms with E-state index in [1.165, 1.54) is 5.56 Å². The Hall–Kier alpha value is -1.81. The van der Waals surface area contributed by atoms with E-state index in [1.807, 2.05) is 24.3 Å². The maximum Gasteiger partial charge on any atom is 0.228 e. The van der Waals surface area contributed by atoms with Gasteiger partial charge in [-0.15, -0.1) is 0 Å². The highest BCUT2D eigenvalue weighted by Gasteiger charge is 2.12. The Morgan fingerprint density at radius 2 is 1.95 bits per heavy atom. The normalized spacial score (nSPS) is 11.4. The van der Waals surface area contributed by atoms with E-state index in [9.17, 15) is 0 Å². The Morgan fingerprint density at radius 1 is 1.15 bits per heavy atom. The van der Waals surface area contributed by atoms with Crippen LogP contribution in [-0.2, 0) is 0 Å². The zero-order valence-corrected chi connectivity index (χ0v) is 12.9. The molecule has 0 saturated carbocycles. The first-order chi connectivity index (χ1) is 9.54. The number of benzene rings is 2. The number of hydrogen-bond acceptors (Lipinski definition) is 3. The second kappa shape index (κ2) is 4.94. The number of aromatic nitrogens is 1. The van der Waals surface area contributed by atoms with Gasteiger partial charge < -0.3 is 10.2 Å². The quantitative estimate of drug-likeness (QED) is 0.675. The number of fused-ring (bicyclic) bond motifs is 1. The molecule has 0 radical (unpaired) electrons. The van der Waals surface area contributed by atoms with Gasteiger partial charge in [-0.2, -0.15) is 0 Å². The topological polar surface area (TPSA) is 52.0 Å². The van der Waals surface area contributed by atoms with E-state index in [-0.39, 0.29) is 0 Å². The van der Waals surface area contributed by atoms with Crippen LogP contribution in [0.2, 0.25) is 0 Å². The summed E-state index contributed by atoms with van der Waals surface area (Å²) in [6.07, 6.45) is 0. The molecule has 0 spiro atoms. The van der Waals surface area contributed by atoms with Gasteiger partial charge in [-0.3, -0.25) is 0 Å². The fourth-order valence-electron chi connectivity index (χ4n) is 2.12. The average Bonchev–Trinajstić information content (AvgIpc) is 2.80. The van der Waals surface area contributed by atoms with Crippen LogP contribution < -0.4 is 5.73 Å². The van der Waals surface area contributed by atoms with Gasteiger partial charge in [0.25, 0.3) is 0 Å². The first kappa shape index (κ1) is 13.2. The fraction of sp³-hybridized carbons (Fsp3) is 0.188. The van der Waals surface area contributed by atoms with Crippen LogP contribution in [0.3, 0.4) is 0 Å². The predicted molar refractivity (Wildman–Crippen MR) is 85.6 cm³/mol. The Morgan fingerprint density at radius 3 is 2.65 bits per heavy atom. The largest absolute Gasteiger partial charge is 0.436 e. The SMILES string of the molecule is CC(C)c1ccc2oc(-c3ccc(N)cc3Br)nc2c1. The Kier molecular flexibility index (Phi) is 3.26. The molecule has 0 amide bonds. The lowest BCUT2D eigenvalue weighted by molar-refractivity contribution is 0.619. The molecular weight excluding hydrogens is 316 g/mol. The van der Waals surface area contributed by atoms with E-state index < -0.39 is 0 Å². The van der Waals surface area contributed by atoms with Crippen LogP contribution in [0.1, 0.15) is 25.3 Å². The molecule has 0 unspecified atom stereocenters. The molecular formula is C16H15BrN2O. The van der Waals surface area contributed by atoms with Crippen molar-refractivity contribution in [3.05, 3.63) is 46.4 Å². The molecule has 3 rings (SSSR count). The number of hydrogen-bond donors (Lipinski definition) is 1. The number of rotatable bonds is 2. The zero-order valence-electron chi connectivity index (χ0n) is 11.4. The molecule has 0 aliphatic heterocycles. The van der Waals surface area contributed by atoms with Crippen LogP contribution >= 0.6 is 15.9 Å². The van der Waals surface area contributed by atoms with Crippen LogP contribution in [0.15, 0.2) is 45.3 Å². The minimum atomic E-state index is 0.475. The standard InChI is InChI=1S/C16H15BrN2O/c1-9(2)10-3-6-15-14(7-10)19-16(20-15)12-5-4-11(18)8-13(12)17/h3-9H,18H2,1-2H3. The van der Waals surface area contributed by atoms with Crippen LogP contribution in [0, 0.1) is 0 Å². The van der Waals surface area contributed by atoms with Gasteiger partial charge in [-0.05, 0) is 57.7 Å². The molecule has 102 valence electrons. The van der Waals surface area contributed by atoms with Crippen molar-refractivity contribution in [1.29, 1.82) is 0 Å². The zero-order chi connectivity index (χ0) is 14.3. The van der Waals surface area contributed by atoms with Crippen LogP contribution in [0.4, 0.5) is 5.69 Å². The van der Waals surface area contributed by atoms with Crippen molar-refractivity contribution >= 4 is 32.7 Å². The van der Waals surface area contributed by atoms with Gasteiger partial charge in [0, 0.05) is 10.2 Å². The number of oxazole rings is 1. The number of anilines is 1. The Bertz CT molecular complexity index is 777. The Labute approximate surface area is 125 Å². The van der Waals surface area contributed by atoms with Crippen molar-refractivity contribution in [3.8, 4) is 11.5 Å². The highest BCUT2D eigenvalue weighted by molar-refractivity contribution is 9.10. The minimum Gasteiger partial charge on any atom is -0.436 e. The summed E-state index contributed by atoms with van der Waals surface area (Å²) in [4.78, 5) is 4.58. The predicted octanol–water partition coefficient (Wildman–Crippen LogP) is 4.96. The van der Waals surface area contributed by atoms with Crippen molar-refractivity contribution in [1.82, 2.24) is 4.98 Å². The number of nitrogens with two attached hydrogens (primary N) is 1. The monoisotopic (exact) mass is 330 g/mol. The third-order valence-electron chi connectivity index (χ3n) is 3.30. The van der Waals surface area contributed by atoms with Gasteiger partial charge in [0.2, 0.25) is 5.89 Å². The van der Waals surface area contributed by atoms with Gasteiger partial charge in [-0.25, -0.2) is 4.98 Å². The summed E-state index contributed by atoms with van der Waals surface area (Å²) < 4.78 is 6.71. The molecule has 4 heteroatoms. The maximum atomic E-state index is 5.83. The van der Waals surface area contributed by atoms with Gasteiger partial charge in [0.1, 0.15) is 5.52 Å². The minimum absolute atomic E-state index is 0.475. The van der Waals surface area contributed by atoms with Gasteiger partial charge in [-0.1, -0.05) is 19.9 Å². The molecule has 3 nitrogen and oxygen atoms in total. The summed E-state index contributed by atoms with van der Waals surface area (Å²) in [7, 11) is 0. The van der Waals surface area contributed by atoms with Crippen molar-refractivity contribution in [2.45, 2.75) is 19.8 Å². The number of nitrogens with zero attached hydrogens (tertiary/aromatic N) is 1. The third-order valence-corrected chi connectivity index (χ3v) is 3.96. The van der Waals surface area contributed by atoms with Crippen LogP contribution in [-0.4, -0.2) is 4.98 Å². The van der Waals surface area contributed by atoms with E-state index in [4.69, 9.17) is 10.2 Å². The summed E-state index contributed by atoms with van der Waals surface area (Å²) in [5.41, 5.74) is 10.3. The van der Waals surface area contributed by atoms with E-state index in [0.717, 1.165) is 21.1 Å². The average molecular weight is 331 g/mol. The highest BCUT2D eigenvalue weighted by atomic mass is 79.9. The summed E-state index contributed by atoms with van der Waals surface area (Å²) >= 11 is 3.50. The molecule has 0 atom stereocenters. The molecule has 1 aromatic heterocycles. The van der Waals surface area contributed by atoms with Gasteiger partial charge in [0.05, 0.1) is 5.56 Å². The van der Waals surface area contributed by atoms with Crippen molar-refractivity contribution in [2.75, 3.05) is 5.73 Å². The summed E-state index contributed by atoms with van der Waals surface area (Å²) in [6.45, 7) is 4.33. The smallest absolute Gasteiger partial charge is 0.228 e. The lowest BCUT2D eigenvalue weighted by Gasteiger charge is -2.02. The van der Waals surface area contributed by atoms with E-state index in [0.29, 0.717) is 17.5 Å². The molecule has 0 fully saturated rings. The van der Waals surface area contributed by atoms with E-state index in [2.05, 4.69) is 46.9 Å². The third kappa shape index (κ3) is 2.31. The fourth-order valence-corrected chi connectivity index (χ4v) is 2.69. The highest BCUT2D eigenvalue weighted by Crippen LogP contribution is 2.32. The molecule has 20 heavy (non-hydrogen) atoms. The lowest BCUT2D eigenvalue weighted by Crippen LogP contribution is -1.86. The lowest BCUT2D eigenvalue weighted by atomic mass is 10.0. The number of halogens is 1. The van der Waals surface area contributed by atoms with Crippen molar-refractivity contribution in [3.63, 3.8) is 0 Å². The molecule has 0 aliphatic carbocycles. The summed E-state index contributed by atoms with van der Waals surface area (Å²) in [5, 5.41) is 0. The van der Waals surface area contributed by atoms with E-state index >= 15 is 0 Å². The van der Waals surface area contributed by atoms with Gasteiger partial charge >= 0.3 is 0 Å². The number of nitrogen functional groups attached to an aromatic ring is 1. The molecule has 0 aliphatic rings. The molecule has 2 N–H and O–H groups in total. The molecule has 0 bridgehead atoms. The second-order valence-electron chi connectivity index (χ2n) is 5.14. The molecule has 1 heterocycles. The van der Waals surface area contributed by atoms with Crippen LogP contribution in [0.25, 0.3) is 22.6 Å². The van der Waals surface area contributed by atoms with Crippen LogP contribution in [0.5, 0.6) is 0 Å². The van der Waals surface area contributed by atoms with Gasteiger partial charge in [0.15, 0.2) is 5.58 Å². The first-order valence-electron chi connectivity index (χ1n) is 6.50. The first-order valence-corrected chi connectivity index (χ1v) is 7.30. The second-order valence-corrected chi connectivity index (χ2v) is 5.99. The van der Waals surface area contributed by atoms with E-state index in [1.54, 1.807) is 0 Å². The maximum absolute atomic E-state index is 5.83. The molecule has 3 aromatic rings. The molecule has 0 saturated heterocycles. The Balaban J connectivity index is 2.13. The van der Waals surface area contributed by atoms with Crippen molar-refractivity contribution < 1.29 is 4.42 Å². The summed E-state index contributed by atoms with van der Waals surface area (Å²) in [5.74, 6) is 1.08. The molecule has 2 aromatic carbocycles. The summed E-state index contributed by atoms with van der Waals surface area (Å²) in [6, 6.07) is 11.7.